The normalized spacial score (nSPS) is 24.3. The van der Waals surface area contributed by atoms with Gasteiger partial charge in [0.15, 0.2) is 0 Å². The van der Waals surface area contributed by atoms with Crippen LogP contribution < -0.4 is 40.4 Å². The molecule has 3 aliphatic rings. The van der Waals surface area contributed by atoms with Gasteiger partial charge in [0.25, 0.3) is 0 Å². The largest absolute Gasteiger partial charge is 1.00 e. The zero-order valence-electron chi connectivity index (χ0n) is 18.4. The summed E-state index contributed by atoms with van der Waals surface area (Å²) in [7, 11) is 1.82. The number of pyridine rings is 1. The fourth-order valence-electron chi connectivity index (χ4n) is 5.56. The first kappa shape index (κ1) is 23.2. The molecule has 0 unspecified atom stereocenters. The van der Waals surface area contributed by atoms with Crippen LogP contribution in [-0.4, -0.2) is 23.7 Å². The van der Waals surface area contributed by atoms with E-state index in [1.807, 2.05) is 19.2 Å². The summed E-state index contributed by atoms with van der Waals surface area (Å²) in [6, 6.07) is 11.9. The van der Waals surface area contributed by atoms with Crippen molar-refractivity contribution in [1.82, 2.24) is 4.98 Å². The minimum atomic E-state index is -1.45. The van der Waals surface area contributed by atoms with Crippen molar-refractivity contribution in [1.29, 1.82) is 0 Å². The van der Waals surface area contributed by atoms with Gasteiger partial charge in [-0.1, -0.05) is 24.3 Å². The van der Waals surface area contributed by atoms with Gasteiger partial charge in [0.2, 0.25) is 0 Å². The van der Waals surface area contributed by atoms with Crippen molar-refractivity contribution in [3.05, 3.63) is 59.4 Å². The number of fused-ring (bicyclic) bond motifs is 4. The van der Waals surface area contributed by atoms with Crippen LogP contribution in [0.15, 0.2) is 42.5 Å². The SMILES string of the molecule is COC12CCC(c3ccc(-c4nc5ccc(F)cc5c(C(=O)[O-])c4N)cc3)(CC1)CC2.[Na+]. The smallest absolute Gasteiger partial charge is 0.545 e. The molecule has 0 aliphatic heterocycles. The number of carbonyl (C=O) groups is 1. The molecule has 0 amide bonds. The second-order valence-corrected chi connectivity index (χ2v) is 8.94. The van der Waals surface area contributed by atoms with Gasteiger partial charge in [0.05, 0.1) is 28.5 Å². The number of hydrogen-bond donors (Lipinski definition) is 1. The van der Waals surface area contributed by atoms with Gasteiger partial charge in [0, 0.05) is 23.6 Å². The molecule has 160 valence electrons. The molecule has 0 saturated heterocycles. The van der Waals surface area contributed by atoms with Crippen LogP contribution in [0.5, 0.6) is 0 Å². The number of nitrogens with two attached hydrogens (primary N) is 1. The van der Waals surface area contributed by atoms with Crippen molar-refractivity contribution in [2.24, 2.45) is 0 Å². The van der Waals surface area contributed by atoms with Gasteiger partial charge in [0.1, 0.15) is 5.82 Å². The molecule has 2 N–H and O–H groups in total. The molecule has 2 aromatic carbocycles. The quantitative estimate of drug-likeness (QED) is 0.609. The zero-order valence-corrected chi connectivity index (χ0v) is 20.4. The molecule has 3 aliphatic carbocycles. The van der Waals surface area contributed by atoms with Crippen molar-refractivity contribution >= 4 is 22.6 Å². The summed E-state index contributed by atoms with van der Waals surface area (Å²) in [5.74, 6) is -2.00. The molecular formula is C25H24FN2NaO3. The van der Waals surface area contributed by atoms with E-state index in [9.17, 15) is 14.3 Å². The number of nitrogens with zero attached hydrogens (tertiary/aromatic N) is 1. The first-order chi connectivity index (χ1) is 14.9. The van der Waals surface area contributed by atoms with Gasteiger partial charge in [-0.05, 0) is 67.7 Å². The Morgan fingerprint density at radius 3 is 2.25 bits per heavy atom. The summed E-state index contributed by atoms with van der Waals surface area (Å²) in [4.78, 5) is 16.3. The molecule has 1 aromatic heterocycles. The van der Waals surface area contributed by atoms with Crippen LogP contribution in [0.25, 0.3) is 22.2 Å². The number of methoxy groups -OCH3 is 1. The van der Waals surface area contributed by atoms with E-state index in [4.69, 9.17) is 10.5 Å². The van der Waals surface area contributed by atoms with Crippen LogP contribution in [0.4, 0.5) is 10.1 Å². The van der Waals surface area contributed by atoms with Gasteiger partial charge < -0.3 is 20.4 Å². The van der Waals surface area contributed by atoms with Crippen LogP contribution in [0.3, 0.4) is 0 Å². The first-order valence-corrected chi connectivity index (χ1v) is 10.6. The van der Waals surface area contributed by atoms with Crippen LogP contribution in [0, 0.1) is 5.82 Å². The Bertz CT molecular complexity index is 1170. The van der Waals surface area contributed by atoms with Gasteiger partial charge in [-0.2, -0.15) is 0 Å². The number of carboxylic acids is 1. The predicted molar refractivity (Wildman–Crippen MR) is 115 cm³/mol. The van der Waals surface area contributed by atoms with Crippen molar-refractivity contribution < 1.29 is 48.6 Å². The second-order valence-electron chi connectivity index (χ2n) is 8.94. The third-order valence-corrected chi connectivity index (χ3v) is 7.57. The Kier molecular flexibility index (Phi) is 6.09. The van der Waals surface area contributed by atoms with Gasteiger partial charge in [-0.25, -0.2) is 9.37 Å². The Hall–Kier alpha value is -1.99. The van der Waals surface area contributed by atoms with E-state index in [0.717, 1.165) is 50.2 Å². The van der Waals surface area contributed by atoms with E-state index in [-0.39, 0.29) is 57.2 Å². The number of rotatable bonds is 4. The minimum Gasteiger partial charge on any atom is -0.545 e. The Balaban J connectivity index is 0.00000245. The van der Waals surface area contributed by atoms with Crippen molar-refractivity contribution in [2.45, 2.75) is 49.5 Å². The van der Waals surface area contributed by atoms with E-state index in [1.54, 1.807) is 0 Å². The second kappa shape index (κ2) is 8.41. The zero-order chi connectivity index (χ0) is 21.8. The average Bonchev–Trinajstić information content (AvgIpc) is 2.80. The molecule has 3 aromatic rings. The summed E-state index contributed by atoms with van der Waals surface area (Å²) in [6.07, 6.45) is 6.56. The van der Waals surface area contributed by atoms with E-state index < -0.39 is 11.8 Å². The van der Waals surface area contributed by atoms with Crippen LogP contribution in [0.1, 0.15) is 54.4 Å². The maximum Gasteiger partial charge on any atom is 1.00 e. The minimum absolute atomic E-state index is 0. The van der Waals surface area contributed by atoms with Crippen molar-refractivity contribution in [3.63, 3.8) is 0 Å². The average molecular weight is 442 g/mol. The standard InChI is InChI=1S/C25H25FN2O3.Na/c1-31-25-11-8-24(9-12-25,10-13-25)16-4-2-15(3-5-16)22-21(27)20(23(29)30)18-14-17(26)6-7-19(18)28-22;/h2-7,14H,8-13,27H2,1H3,(H,29,30);/q;+1/p-1. The Morgan fingerprint density at radius 1 is 1.06 bits per heavy atom. The Labute approximate surface area is 208 Å². The molecule has 3 saturated carbocycles. The first-order valence-electron chi connectivity index (χ1n) is 10.6. The van der Waals surface area contributed by atoms with E-state index in [1.165, 1.54) is 17.7 Å². The van der Waals surface area contributed by atoms with E-state index >= 15 is 0 Å². The number of halogens is 1. The number of aromatic carboxylic acids is 1. The third kappa shape index (κ3) is 3.63. The molecule has 0 radical (unpaired) electrons. The maximum atomic E-state index is 13.7. The molecule has 6 rings (SSSR count). The fraction of sp³-hybridized carbons (Fsp3) is 0.360. The van der Waals surface area contributed by atoms with Crippen LogP contribution in [-0.2, 0) is 10.2 Å². The topological polar surface area (TPSA) is 88.3 Å². The molecule has 0 spiro atoms. The molecule has 5 nitrogen and oxygen atoms in total. The summed E-state index contributed by atoms with van der Waals surface area (Å²) in [5.41, 5.74) is 8.94. The molecule has 3 fully saturated rings. The number of ether oxygens (including phenoxy) is 1. The molecular weight excluding hydrogens is 418 g/mol. The van der Waals surface area contributed by atoms with Crippen molar-refractivity contribution in [3.8, 4) is 11.3 Å². The molecule has 32 heavy (non-hydrogen) atoms. The number of benzene rings is 2. The summed E-state index contributed by atoms with van der Waals surface area (Å²) < 4.78 is 19.5. The van der Waals surface area contributed by atoms with Crippen LogP contribution in [0.2, 0.25) is 0 Å². The monoisotopic (exact) mass is 442 g/mol. The number of anilines is 1. The maximum absolute atomic E-state index is 13.7. The van der Waals surface area contributed by atoms with E-state index in [0.29, 0.717) is 11.2 Å². The van der Waals surface area contributed by atoms with Crippen molar-refractivity contribution in [2.75, 3.05) is 12.8 Å². The molecule has 0 atom stereocenters. The van der Waals surface area contributed by atoms with E-state index in [2.05, 4.69) is 17.1 Å². The number of carboxylic acid groups (broad SMARTS) is 1. The number of carbonyl (C=O) groups excluding carboxylic acids is 1. The fourth-order valence-corrected chi connectivity index (χ4v) is 5.56. The number of aromatic nitrogens is 1. The van der Waals surface area contributed by atoms with Crippen LogP contribution >= 0.6 is 0 Å². The third-order valence-electron chi connectivity index (χ3n) is 7.57. The number of nitrogen functional groups attached to an aromatic ring is 1. The molecule has 1 heterocycles. The summed E-state index contributed by atoms with van der Waals surface area (Å²) in [6.45, 7) is 0. The predicted octanol–water partition coefficient (Wildman–Crippen LogP) is 0.981. The summed E-state index contributed by atoms with van der Waals surface area (Å²) in [5, 5.41) is 11.9. The molecule has 2 bridgehead atoms. The van der Waals surface area contributed by atoms with Gasteiger partial charge >= 0.3 is 29.6 Å². The molecule has 7 heteroatoms. The number of hydrogen-bond acceptors (Lipinski definition) is 5. The summed E-state index contributed by atoms with van der Waals surface area (Å²) >= 11 is 0. The van der Waals surface area contributed by atoms with Gasteiger partial charge in [-0.15, -0.1) is 0 Å². The Morgan fingerprint density at radius 2 is 1.69 bits per heavy atom. The van der Waals surface area contributed by atoms with Gasteiger partial charge in [-0.3, -0.25) is 0 Å².